The SMILES string of the molecule is Cc1ccc(Nc2ncnc(Nc3ccc(F)cc3)c2[N+](=O)[O-])cc1. The number of aromatic nitrogens is 2. The standard InChI is InChI=1S/C17H14FN5O2/c1-11-2-6-13(7-3-11)21-16-15(23(24)25)17(20-10-19-16)22-14-8-4-12(18)5-9-14/h2-10H,1H3,(H2,19,20,21,22). The molecule has 0 saturated heterocycles. The topological polar surface area (TPSA) is 93.0 Å². The van der Waals surface area contributed by atoms with E-state index in [9.17, 15) is 14.5 Å². The number of hydrogen-bond acceptors (Lipinski definition) is 6. The number of hydrogen-bond donors (Lipinski definition) is 2. The Morgan fingerprint density at radius 1 is 0.920 bits per heavy atom. The van der Waals surface area contributed by atoms with Crippen molar-refractivity contribution in [3.05, 3.63) is 76.4 Å². The first-order chi connectivity index (χ1) is 12.0. The van der Waals surface area contributed by atoms with Crippen LogP contribution in [0.2, 0.25) is 0 Å². The number of nitro groups is 1. The van der Waals surface area contributed by atoms with Crippen LogP contribution in [0, 0.1) is 22.9 Å². The predicted octanol–water partition coefficient (Wildman–Crippen LogP) is 4.32. The molecule has 0 saturated carbocycles. The lowest BCUT2D eigenvalue weighted by Crippen LogP contribution is -2.05. The Hall–Kier alpha value is -3.55. The monoisotopic (exact) mass is 339 g/mol. The van der Waals surface area contributed by atoms with E-state index in [0.717, 1.165) is 5.56 Å². The van der Waals surface area contributed by atoms with Crippen molar-refractivity contribution in [2.75, 3.05) is 10.6 Å². The Morgan fingerprint density at radius 3 is 1.88 bits per heavy atom. The average molecular weight is 339 g/mol. The summed E-state index contributed by atoms with van der Waals surface area (Å²) in [6, 6.07) is 12.8. The van der Waals surface area contributed by atoms with Gasteiger partial charge in [0.1, 0.15) is 12.1 Å². The highest BCUT2D eigenvalue weighted by Gasteiger charge is 2.23. The molecule has 0 spiro atoms. The van der Waals surface area contributed by atoms with Gasteiger partial charge >= 0.3 is 5.69 Å². The number of nitrogens with one attached hydrogen (secondary N) is 2. The molecule has 1 aromatic heterocycles. The van der Waals surface area contributed by atoms with Crippen molar-refractivity contribution in [3.8, 4) is 0 Å². The lowest BCUT2D eigenvalue weighted by molar-refractivity contribution is -0.383. The summed E-state index contributed by atoms with van der Waals surface area (Å²) in [6.45, 7) is 1.95. The van der Waals surface area contributed by atoms with Crippen LogP contribution in [-0.4, -0.2) is 14.9 Å². The van der Waals surface area contributed by atoms with Gasteiger partial charge < -0.3 is 10.6 Å². The quantitative estimate of drug-likeness (QED) is 0.531. The molecule has 7 nitrogen and oxygen atoms in total. The van der Waals surface area contributed by atoms with E-state index >= 15 is 0 Å². The van der Waals surface area contributed by atoms with Gasteiger partial charge in [0, 0.05) is 11.4 Å². The maximum Gasteiger partial charge on any atom is 0.353 e. The zero-order valence-electron chi connectivity index (χ0n) is 13.2. The first-order valence-electron chi connectivity index (χ1n) is 7.38. The summed E-state index contributed by atoms with van der Waals surface area (Å²) >= 11 is 0. The minimum absolute atomic E-state index is 0.0150. The Balaban J connectivity index is 1.94. The summed E-state index contributed by atoms with van der Waals surface area (Å²) in [5, 5.41) is 17.3. The molecule has 0 aliphatic carbocycles. The average Bonchev–Trinajstić information content (AvgIpc) is 2.59. The fourth-order valence-corrected chi connectivity index (χ4v) is 2.18. The molecular weight excluding hydrogens is 325 g/mol. The van der Waals surface area contributed by atoms with E-state index < -0.39 is 10.7 Å². The molecule has 2 N–H and O–H groups in total. The van der Waals surface area contributed by atoms with Crippen molar-refractivity contribution >= 4 is 28.7 Å². The van der Waals surface area contributed by atoms with Crippen LogP contribution >= 0.6 is 0 Å². The largest absolute Gasteiger partial charge is 0.353 e. The molecule has 0 unspecified atom stereocenters. The van der Waals surface area contributed by atoms with Gasteiger partial charge in [-0.2, -0.15) is 0 Å². The fourth-order valence-electron chi connectivity index (χ4n) is 2.18. The van der Waals surface area contributed by atoms with E-state index in [0.29, 0.717) is 11.4 Å². The van der Waals surface area contributed by atoms with Crippen LogP contribution in [0.15, 0.2) is 54.9 Å². The summed E-state index contributed by atoms with van der Waals surface area (Å²) < 4.78 is 13.0. The Bertz CT molecular complexity index is 832. The second kappa shape index (κ2) is 6.91. The van der Waals surface area contributed by atoms with Gasteiger partial charge in [0.2, 0.25) is 11.6 Å². The Labute approximate surface area is 142 Å². The molecule has 25 heavy (non-hydrogen) atoms. The second-order valence-electron chi connectivity index (χ2n) is 5.30. The summed E-state index contributed by atoms with van der Waals surface area (Å²) in [7, 11) is 0. The van der Waals surface area contributed by atoms with E-state index in [1.165, 1.54) is 30.6 Å². The number of benzene rings is 2. The smallest absolute Gasteiger partial charge is 0.334 e. The van der Waals surface area contributed by atoms with Gasteiger partial charge in [0.05, 0.1) is 4.92 Å². The molecule has 0 fully saturated rings. The molecule has 3 aromatic rings. The van der Waals surface area contributed by atoms with Crippen LogP contribution in [0.4, 0.5) is 33.1 Å². The van der Waals surface area contributed by atoms with Crippen molar-refractivity contribution < 1.29 is 9.31 Å². The molecule has 8 heteroatoms. The van der Waals surface area contributed by atoms with Crippen LogP contribution in [0.25, 0.3) is 0 Å². The van der Waals surface area contributed by atoms with Crippen molar-refractivity contribution in [3.63, 3.8) is 0 Å². The first-order valence-corrected chi connectivity index (χ1v) is 7.38. The molecule has 0 aliphatic rings. The first kappa shape index (κ1) is 16.3. The van der Waals surface area contributed by atoms with Crippen LogP contribution in [0.1, 0.15) is 5.56 Å². The third-order valence-corrected chi connectivity index (χ3v) is 3.43. The predicted molar refractivity (Wildman–Crippen MR) is 92.8 cm³/mol. The van der Waals surface area contributed by atoms with Gasteiger partial charge in [-0.15, -0.1) is 0 Å². The third kappa shape index (κ3) is 3.86. The van der Waals surface area contributed by atoms with Crippen LogP contribution in [-0.2, 0) is 0 Å². The molecule has 0 amide bonds. The fraction of sp³-hybridized carbons (Fsp3) is 0.0588. The van der Waals surface area contributed by atoms with E-state index in [1.54, 1.807) is 12.1 Å². The van der Waals surface area contributed by atoms with E-state index in [4.69, 9.17) is 0 Å². The van der Waals surface area contributed by atoms with Gasteiger partial charge in [-0.25, -0.2) is 14.4 Å². The summed E-state index contributed by atoms with van der Waals surface area (Å²) in [5.41, 5.74) is 1.92. The normalized spacial score (nSPS) is 10.3. The van der Waals surface area contributed by atoms with Crippen molar-refractivity contribution in [1.29, 1.82) is 0 Å². The van der Waals surface area contributed by atoms with Crippen LogP contribution < -0.4 is 10.6 Å². The molecule has 0 atom stereocenters. The minimum Gasteiger partial charge on any atom is -0.334 e. The number of anilines is 4. The van der Waals surface area contributed by atoms with Crippen LogP contribution in [0.5, 0.6) is 0 Å². The lowest BCUT2D eigenvalue weighted by Gasteiger charge is -2.10. The van der Waals surface area contributed by atoms with E-state index in [2.05, 4.69) is 20.6 Å². The molecule has 0 aliphatic heterocycles. The molecule has 2 aromatic carbocycles. The summed E-state index contributed by atoms with van der Waals surface area (Å²) in [4.78, 5) is 18.9. The minimum atomic E-state index is -0.567. The molecular formula is C17H14FN5O2. The highest BCUT2D eigenvalue weighted by molar-refractivity contribution is 5.76. The Kier molecular flexibility index (Phi) is 4.51. The molecule has 3 rings (SSSR count). The zero-order valence-corrected chi connectivity index (χ0v) is 13.2. The van der Waals surface area contributed by atoms with Gasteiger partial charge in [-0.3, -0.25) is 10.1 Å². The van der Waals surface area contributed by atoms with Gasteiger partial charge in [0.25, 0.3) is 0 Å². The van der Waals surface area contributed by atoms with E-state index in [1.807, 2.05) is 19.1 Å². The van der Waals surface area contributed by atoms with Crippen LogP contribution in [0.3, 0.4) is 0 Å². The highest BCUT2D eigenvalue weighted by atomic mass is 19.1. The van der Waals surface area contributed by atoms with Crippen molar-refractivity contribution in [2.45, 2.75) is 6.92 Å². The molecule has 1 heterocycles. The molecule has 0 radical (unpaired) electrons. The number of halogens is 1. The maximum absolute atomic E-state index is 13.0. The van der Waals surface area contributed by atoms with E-state index in [-0.39, 0.29) is 17.3 Å². The van der Waals surface area contributed by atoms with Crippen molar-refractivity contribution in [1.82, 2.24) is 9.97 Å². The molecule has 0 bridgehead atoms. The zero-order chi connectivity index (χ0) is 17.8. The lowest BCUT2D eigenvalue weighted by atomic mass is 10.2. The maximum atomic E-state index is 13.0. The van der Waals surface area contributed by atoms with Gasteiger partial charge in [-0.05, 0) is 43.3 Å². The van der Waals surface area contributed by atoms with Gasteiger partial charge in [0.15, 0.2) is 0 Å². The summed E-state index contributed by atoms with van der Waals surface area (Å²) in [6.07, 6.45) is 1.22. The number of nitrogens with zero attached hydrogens (tertiary/aromatic N) is 3. The molecule has 126 valence electrons. The third-order valence-electron chi connectivity index (χ3n) is 3.43. The number of rotatable bonds is 5. The van der Waals surface area contributed by atoms with Crippen molar-refractivity contribution in [2.24, 2.45) is 0 Å². The number of aryl methyl sites for hydroxylation is 1. The Morgan fingerprint density at radius 2 is 1.40 bits per heavy atom. The van der Waals surface area contributed by atoms with Gasteiger partial charge in [-0.1, -0.05) is 17.7 Å². The second-order valence-corrected chi connectivity index (χ2v) is 5.30. The summed E-state index contributed by atoms with van der Waals surface area (Å²) in [5.74, 6) is -0.320. The highest BCUT2D eigenvalue weighted by Crippen LogP contribution is 2.32.